The summed E-state index contributed by atoms with van der Waals surface area (Å²) in [5.74, 6) is 0.685. The molecule has 1 saturated heterocycles. The van der Waals surface area contributed by atoms with Gasteiger partial charge in [-0.2, -0.15) is 0 Å². The smallest absolute Gasteiger partial charge is 0.109 e. The Hall–Kier alpha value is -0.410. The molecule has 13 heavy (non-hydrogen) atoms. The summed E-state index contributed by atoms with van der Waals surface area (Å²) in [4.78, 5) is 4.25. The second-order valence-electron chi connectivity index (χ2n) is 3.41. The fourth-order valence-electron chi connectivity index (χ4n) is 1.84. The molecule has 0 atom stereocenters. The van der Waals surface area contributed by atoms with Crippen LogP contribution in [-0.4, -0.2) is 18.1 Å². The van der Waals surface area contributed by atoms with E-state index in [1.807, 2.05) is 12.3 Å². The lowest BCUT2D eigenvalue weighted by Crippen LogP contribution is -2.26. The Labute approximate surface area is 86.9 Å². The lowest BCUT2D eigenvalue weighted by atomic mass is 9.91. The van der Waals surface area contributed by atoms with Crippen molar-refractivity contribution in [3.05, 3.63) is 28.5 Å². The van der Waals surface area contributed by atoms with E-state index < -0.39 is 0 Å². The van der Waals surface area contributed by atoms with Gasteiger partial charge in [0.05, 0.1) is 0 Å². The number of hydrogen-bond donors (Lipinski definition) is 1. The van der Waals surface area contributed by atoms with Crippen molar-refractivity contribution < 1.29 is 0 Å². The fourth-order valence-corrected chi connectivity index (χ4v) is 2.41. The van der Waals surface area contributed by atoms with Crippen LogP contribution in [0.5, 0.6) is 0 Å². The van der Waals surface area contributed by atoms with Gasteiger partial charge in [0.25, 0.3) is 0 Å². The molecule has 70 valence electrons. The fraction of sp³-hybridized carbons (Fsp3) is 0.500. The highest BCUT2D eigenvalue weighted by Crippen LogP contribution is 2.29. The van der Waals surface area contributed by atoms with E-state index in [0.717, 1.165) is 17.7 Å². The lowest BCUT2D eigenvalue weighted by Gasteiger charge is -2.23. The van der Waals surface area contributed by atoms with Gasteiger partial charge in [-0.25, -0.2) is 4.98 Å². The van der Waals surface area contributed by atoms with Crippen molar-refractivity contribution >= 4 is 15.9 Å². The van der Waals surface area contributed by atoms with E-state index in [0.29, 0.717) is 5.92 Å². The average molecular weight is 241 g/mol. The number of pyridine rings is 1. The normalized spacial score (nSPS) is 18.8. The highest BCUT2D eigenvalue weighted by Gasteiger charge is 2.17. The van der Waals surface area contributed by atoms with E-state index in [1.165, 1.54) is 18.4 Å². The minimum absolute atomic E-state index is 0.685. The Bertz CT molecular complexity index is 282. The molecule has 2 nitrogen and oxygen atoms in total. The zero-order valence-corrected chi connectivity index (χ0v) is 9.05. The first kappa shape index (κ1) is 9.16. The SMILES string of the molecule is Brc1ncccc1C1CCNCC1. The molecule has 1 aromatic rings. The van der Waals surface area contributed by atoms with Gasteiger partial charge in [-0.15, -0.1) is 0 Å². The zero-order chi connectivity index (χ0) is 9.10. The minimum Gasteiger partial charge on any atom is -0.317 e. The molecule has 0 spiro atoms. The molecular weight excluding hydrogens is 228 g/mol. The van der Waals surface area contributed by atoms with E-state index in [-0.39, 0.29) is 0 Å². The van der Waals surface area contributed by atoms with E-state index in [9.17, 15) is 0 Å². The van der Waals surface area contributed by atoms with E-state index in [4.69, 9.17) is 0 Å². The van der Waals surface area contributed by atoms with Gasteiger partial charge in [-0.1, -0.05) is 6.07 Å². The molecule has 0 amide bonds. The van der Waals surface area contributed by atoms with Crippen LogP contribution in [0, 0.1) is 0 Å². The summed E-state index contributed by atoms with van der Waals surface area (Å²) in [6.07, 6.45) is 4.28. The van der Waals surface area contributed by atoms with E-state index >= 15 is 0 Å². The maximum absolute atomic E-state index is 4.25. The third-order valence-corrected chi connectivity index (χ3v) is 3.23. The van der Waals surface area contributed by atoms with Gasteiger partial charge in [0, 0.05) is 6.20 Å². The first-order valence-electron chi connectivity index (χ1n) is 4.69. The van der Waals surface area contributed by atoms with Gasteiger partial charge in [-0.3, -0.25) is 0 Å². The average Bonchev–Trinajstić information content (AvgIpc) is 2.20. The highest BCUT2D eigenvalue weighted by atomic mass is 79.9. The number of hydrogen-bond acceptors (Lipinski definition) is 2. The Morgan fingerprint density at radius 2 is 2.15 bits per heavy atom. The van der Waals surface area contributed by atoms with Crippen LogP contribution in [0.2, 0.25) is 0 Å². The van der Waals surface area contributed by atoms with Gasteiger partial charge < -0.3 is 5.32 Å². The molecule has 1 aromatic heterocycles. The van der Waals surface area contributed by atoms with Crippen molar-refractivity contribution in [2.45, 2.75) is 18.8 Å². The third-order valence-electron chi connectivity index (χ3n) is 2.57. The van der Waals surface area contributed by atoms with E-state index in [1.54, 1.807) is 0 Å². The van der Waals surface area contributed by atoms with Crippen LogP contribution in [0.4, 0.5) is 0 Å². The molecule has 2 heterocycles. The number of nitrogens with one attached hydrogen (secondary N) is 1. The maximum Gasteiger partial charge on any atom is 0.109 e. The summed E-state index contributed by atoms with van der Waals surface area (Å²) in [6.45, 7) is 2.26. The third kappa shape index (κ3) is 2.09. The molecule has 1 aliphatic rings. The Morgan fingerprint density at radius 3 is 2.85 bits per heavy atom. The summed E-state index contributed by atoms with van der Waals surface area (Å²) in [5, 5.41) is 3.37. The Balaban J connectivity index is 2.18. The number of piperidine rings is 1. The topological polar surface area (TPSA) is 24.9 Å². The Kier molecular flexibility index (Phi) is 2.96. The summed E-state index contributed by atoms with van der Waals surface area (Å²) >= 11 is 3.50. The molecule has 0 bridgehead atoms. The van der Waals surface area contributed by atoms with Crippen molar-refractivity contribution in [1.29, 1.82) is 0 Å². The molecule has 0 saturated carbocycles. The predicted octanol–water partition coefficient (Wildman–Crippen LogP) is 2.31. The number of halogens is 1. The van der Waals surface area contributed by atoms with Crippen LogP contribution >= 0.6 is 15.9 Å². The van der Waals surface area contributed by atoms with E-state index in [2.05, 4.69) is 32.3 Å². The second kappa shape index (κ2) is 4.20. The lowest BCUT2D eigenvalue weighted by molar-refractivity contribution is 0.458. The van der Waals surface area contributed by atoms with Crippen molar-refractivity contribution in [2.75, 3.05) is 13.1 Å². The molecule has 1 aliphatic heterocycles. The van der Waals surface area contributed by atoms with Crippen molar-refractivity contribution in [2.24, 2.45) is 0 Å². The van der Waals surface area contributed by atoms with Crippen LogP contribution in [-0.2, 0) is 0 Å². The predicted molar refractivity (Wildman–Crippen MR) is 56.8 cm³/mol. The zero-order valence-electron chi connectivity index (χ0n) is 7.46. The quantitative estimate of drug-likeness (QED) is 0.763. The minimum atomic E-state index is 0.685. The van der Waals surface area contributed by atoms with Gasteiger partial charge >= 0.3 is 0 Å². The van der Waals surface area contributed by atoms with Crippen LogP contribution < -0.4 is 5.32 Å². The molecule has 1 fully saturated rings. The number of aromatic nitrogens is 1. The Morgan fingerprint density at radius 1 is 1.38 bits per heavy atom. The number of rotatable bonds is 1. The largest absolute Gasteiger partial charge is 0.317 e. The molecule has 1 N–H and O–H groups in total. The second-order valence-corrected chi connectivity index (χ2v) is 4.16. The molecule has 0 radical (unpaired) electrons. The molecule has 2 rings (SSSR count). The van der Waals surface area contributed by atoms with Crippen LogP contribution in [0.3, 0.4) is 0 Å². The number of nitrogens with zero attached hydrogens (tertiary/aromatic N) is 1. The van der Waals surface area contributed by atoms with Crippen molar-refractivity contribution in [3.8, 4) is 0 Å². The molecular formula is C10H13BrN2. The molecule has 3 heteroatoms. The molecule has 0 aliphatic carbocycles. The summed E-state index contributed by atoms with van der Waals surface area (Å²) in [6, 6.07) is 4.19. The monoisotopic (exact) mass is 240 g/mol. The van der Waals surface area contributed by atoms with Gasteiger partial charge in [-0.05, 0) is 59.4 Å². The first-order chi connectivity index (χ1) is 6.38. The van der Waals surface area contributed by atoms with Gasteiger partial charge in [0.15, 0.2) is 0 Å². The van der Waals surface area contributed by atoms with Gasteiger partial charge in [0.1, 0.15) is 4.60 Å². The van der Waals surface area contributed by atoms with Crippen LogP contribution in [0.25, 0.3) is 0 Å². The van der Waals surface area contributed by atoms with Crippen LogP contribution in [0.15, 0.2) is 22.9 Å². The highest BCUT2D eigenvalue weighted by molar-refractivity contribution is 9.10. The molecule has 0 unspecified atom stereocenters. The van der Waals surface area contributed by atoms with Crippen LogP contribution in [0.1, 0.15) is 24.3 Å². The molecule has 0 aromatic carbocycles. The standard InChI is InChI=1S/C10H13BrN2/c11-10-9(2-1-5-13-10)8-3-6-12-7-4-8/h1-2,5,8,12H,3-4,6-7H2. The van der Waals surface area contributed by atoms with Crippen molar-refractivity contribution in [3.63, 3.8) is 0 Å². The summed E-state index contributed by atoms with van der Waals surface area (Å²) in [5.41, 5.74) is 1.36. The maximum atomic E-state index is 4.25. The first-order valence-corrected chi connectivity index (χ1v) is 5.48. The van der Waals surface area contributed by atoms with Crippen molar-refractivity contribution in [1.82, 2.24) is 10.3 Å². The summed E-state index contributed by atoms with van der Waals surface area (Å²) < 4.78 is 1.02. The summed E-state index contributed by atoms with van der Waals surface area (Å²) in [7, 11) is 0. The van der Waals surface area contributed by atoms with Gasteiger partial charge in [0.2, 0.25) is 0 Å².